The molecule has 2 aromatic rings. The van der Waals surface area contributed by atoms with Crippen molar-refractivity contribution in [3.8, 4) is 22.9 Å². The molecule has 0 aliphatic carbocycles. The molecule has 0 spiro atoms. The minimum atomic E-state index is 0.419. The highest BCUT2D eigenvalue weighted by molar-refractivity contribution is 5.66. The Hall–Kier alpha value is -2.01. The molecule has 0 saturated carbocycles. The number of hydrogen-bond donors (Lipinski definition) is 1. The normalized spacial score (nSPS) is 10.4. The van der Waals surface area contributed by atoms with Crippen molar-refractivity contribution in [1.82, 2.24) is 9.55 Å². The minimum Gasteiger partial charge on any atom is -0.493 e. The summed E-state index contributed by atoms with van der Waals surface area (Å²) in [6, 6.07) is 3.80. The van der Waals surface area contributed by atoms with Crippen LogP contribution in [0.1, 0.15) is 5.56 Å². The summed E-state index contributed by atoms with van der Waals surface area (Å²) >= 11 is 0. The molecule has 2 N–H and O–H groups in total. The average molecular weight is 247 g/mol. The van der Waals surface area contributed by atoms with E-state index < -0.39 is 0 Å². The van der Waals surface area contributed by atoms with Crippen LogP contribution in [0, 0.1) is 0 Å². The van der Waals surface area contributed by atoms with Crippen LogP contribution >= 0.6 is 0 Å². The Kier molecular flexibility index (Phi) is 3.53. The first kappa shape index (κ1) is 12.4. The lowest BCUT2D eigenvalue weighted by Gasteiger charge is -2.13. The first-order valence-electron chi connectivity index (χ1n) is 5.64. The van der Waals surface area contributed by atoms with Gasteiger partial charge in [0.25, 0.3) is 0 Å². The first-order chi connectivity index (χ1) is 8.71. The van der Waals surface area contributed by atoms with E-state index in [4.69, 9.17) is 15.2 Å². The topological polar surface area (TPSA) is 62.3 Å². The summed E-state index contributed by atoms with van der Waals surface area (Å²) in [7, 11) is 5.17. The quantitative estimate of drug-likeness (QED) is 0.890. The SMILES string of the molecule is COc1cc(CN)c(-c2nccn2C)cc1OC. The zero-order chi connectivity index (χ0) is 13.1. The second kappa shape index (κ2) is 5.10. The molecule has 0 aliphatic rings. The van der Waals surface area contributed by atoms with E-state index in [2.05, 4.69) is 4.98 Å². The van der Waals surface area contributed by atoms with Crippen LogP contribution in [0.2, 0.25) is 0 Å². The van der Waals surface area contributed by atoms with Crippen molar-refractivity contribution < 1.29 is 9.47 Å². The van der Waals surface area contributed by atoms with Gasteiger partial charge in [-0.05, 0) is 17.7 Å². The summed E-state index contributed by atoms with van der Waals surface area (Å²) in [5.41, 5.74) is 7.72. The van der Waals surface area contributed by atoms with Crippen molar-refractivity contribution in [3.63, 3.8) is 0 Å². The van der Waals surface area contributed by atoms with Gasteiger partial charge in [-0.2, -0.15) is 0 Å². The maximum Gasteiger partial charge on any atom is 0.161 e. The molecule has 5 heteroatoms. The van der Waals surface area contributed by atoms with Gasteiger partial charge in [0, 0.05) is 31.5 Å². The van der Waals surface area contributed by atoms with E-state index in [0.29, 0.717) is 18.0 Å². The number of aryl methyl sites for hydroxylation is 1. The number of aromatic nitrogens is 2. The second-order valence-corrected chi connectivity index (χ2v) is 3.93. The number of benzene rings is 1. The number of ether oxygens (including phenoxy) is 2. The van der Waals surface area contributed by atoms with E-state index in [-0.39, 0.29) is 0 Å². The van der Waals surface area contributed by atoms with Gasteiger partial charge in [-0.3, -0.25) is 0 Å². The van der Waals surface area contributed by atoms with Gasteiger partial charge < -0.3 is 19.8 Å². The van der Waals surface area contributed by atoms with Crippen LogP contribution in [0.4, 0.5) is 0 Å². The molecule has 18 heavy (non-hydrogen) atoms. The zero-order valence-corrected chi connectivity index (χ0v) is 10.8. The average Bonchev–Trinajstić information content (AvgIpc) is 2.83. The molecule has 0 radical (unpaired) electrons. The third kappa shape index (κ3) is 2.04. The predicted molar refractivity (Wildman–Crippen MR) is 69.6 cm³/mol. The Labute approximate surface area is 106 Å². The van der Waals surface area contributed by atoms with E-state index in [1.165, 1.54) is 0 Å². The van der Waals surface area contributed by atoms with Crippen molar-refractivity contribution in [1.29, 1.82) is 0 Å². The molecule has 0 fully saturated rings. The molecular formula is C13H17N3O2. The van der Waals surface area contributed by atoms with Crippen LogP contribution in [0.3, 0.4) is 0 Å². The van der Waals surface area contributed by atoms with E-state index in [0.717, 1.165) is 17.0 Å². The van der Waals surface area contributed by atoms with E-state index >= 15 is 0 Å². The minimum absolute atomic E-state index is 0.419. The highest BCUT2D eigenvalue weighted by Crippen LogP contribution is 2.34. The molecule has 0 bridgehead atoms. The Morgan fingerprint density at radius 2 is 1.89 bits per heavy atom. The largest absolute Gasteiger partial charge is 0.493 e. The van der Waals surface area contributed by atoms with Crippen molar-refractivity contribution in [3.05, 3.63) is 30.1 Å². The summed E-state index contributed by atoms with van der Waals surface area (Å²) in [4.78, 5) is 4.34. The van der Waals surface area contributed by atoms with Crippen molar-refractivity contribution >= 4 is 0 Å². The summed E-state index contributed by atoms with van der Waals surface area (Å²) in [5.74, 6) is 2.21. The van der Waals surface area contributed by atoms with Crippen LogP contribution in [0.5, 0.6) is 11.5 Å². The van der Waals surface area contributed by atoms with Gasteiger partial charge in [0.05, 0.1) is 14.2 Å². The molecule has 1 aromatic heterocycles. The summed E-state index contributed by atoms with van der Waals surface area (Å²) in [6.45, 7) is 0.419. The third-order valence-corrected chi connectivity index (χ3v) is 2.89. The van der Waals surface area contributed by atoms with Gasteiger partial charge in [0.15, 0.2) is 11.5 Å². The van der Waals surface area contributed by atoms with Gasteiger partial charge in [-0.1, -0.05) is 0 Å². The summed E-state index contributed by atoms with van der Waals surface area (Å²) in [6.07, 6.45) is 3.65. The zero-order valence-electron chi connectivity index (χ0n) is 10.8. The number of nitrogens with two attached hydrogens (primary N) is 1. The summed E-state index contributed by atoms with van der Waals surface area (Å²) < 4.78 is 12.5. The Morgan fingerprint density at radius 1 is 1.22 bits per heavy atom. The van der Waals surface area contributed by atoms with Gasteiger partial charge in [0.1, 0.15) is 5.82 Å². The molecule has 1 heterocycles. The molecular weight excluding hydrogens is 230 g/mol. The molecule has 96 valence electrons. The molecule has 0 amide bonds. The van der Waals surface area contributed by atoms with Gasteiger partial charge in [-0.15, -0.1) is 0 Å². The number of imidazole rings is 1. The maximum atomic E-state index is 5.79. The van der Waals surface area contributed by atoms with Crippen LogP contribution < -0.4 is 15.2 Å². The Balaban J connectivity index is 2.62. The lowest BCUT2D eigenvalue weighted by molar-refractivity contribution is 0.354. The second-order valence-electron chi connectivity index (χ2n) is 3.93. The number of methoxy groups -OCH3 is 2. The summed E-state index contributed by atoms with van der Waals surface area (Å²) in [5, 5.41) is 0. The third-order valence-electron chi connectivity index (χ3n) is 2.89. The molecule has 2 rings (SSSR count). The molecule has 0 atom stereocenters. The maximum absolute atomic E-state index is 5.79. The smallest absolute Gasteiger partial charge is 0.161 e. The molecule has 0 aliphatic heterocycles. The molecule has 0 saturated heterocycles. The van der Waals surface area contributed by atoms with Crippen LogP contribution in [0.15, 0.2) is 24.5 Å². The number of hydrogen-bond acceptors (Lipinski definition) is 4. The molecule has 1 aromatic carbocycles. The molecule has 5 nitrogen and oxygen atoms in total. The van der Waals surface area contributed by atoms with Crippen molar-refractivity contribution in [2.45, 2.75) is 6.54 Å². The molecule has 0 unspecified atom stereocenters. The fourth-order valence-corrected chi connectivity index (χ4v) is 1.92. The standard InChI is InChI=1S/C13H17N3O2/c1-16-5-4-15-13(16)10-7-12(18-3)11(17-2)6-9(10)8-14/h4-7H,8,14H2,1-3H3. The van der Waals surface area contributed by atoms with E-state index in [9.17, 15) is 0 Å². The highest BCUT2D eigenvalue weighted by Gasteiger charge is 2.14. The lowest BCUT2D eigenvalue weighted by atomic mass is 10.1. The van der Waals surface area contributed by atoms with Crippen molar-refractivity contribution in [2.24, 2.45) is 12.8 Å². The Bertz CT molecular complexity index is 549. The monoisotopic (exact) mass is 247 g/mol. The first-order valence-corrected chi connectivity index (χ1v) is 5.64. The van der Waals surface area contributed by atoms with Gasteiger partial charge in [-0.25, -0.2) is 4.98 Å². The number of nitrogens with zero attached hydrogens (tertiary/aromatic N) is 2. The lowest BCUT2D eigenvalue weighted by Crippen LogP contribution is -2.03. The van der Waals surface area contributed by atoms with Crippen LogP contribution in [-0.2, 0) is 13.6 Å². The van der Waals surface area contributed by atoms with E-state index in [1.807, 2.05) is 29.9 Å². The van der Waals surface area contributed by atoms with E-state index in [1.54, 1.807) is 20.4 Å². The van der Waals surface area contributed by atoms with Crippen molar-refractivity contribution in [2.75, 3.05) is 14.2 Å². The van der Waals surface area contributed by atoms with Crippen LogP contribution in [-0.4, -0.2) is 23.8 Å². The predicted octanol–water partition coefficient (Wildman–Crippen LogP) is 1.56. The van der Waals surface area contributed by atoms with Gasteiger partial charge in [0.2, 0.25) is 0 Å². The van der Waals surface area contributed by atoms with Crippen LogP contribution in [0.25, 0.3) is 11.4 Å². The fourth-order valence-electron chi connectivity index (χ4n) is 1.92. The fraction of sp³-hybridized carbons (Fsp3) is 0.308. The van der Waals surface area contributed by atoms with Gasteiger partial charge >= 0.3 is 0 Å². The Morgan fingerprint density at radius 3 is 2.39 bits per heavy atom. The number of rotatable bonds is 4. The highest BCUT2D eigenvalue weighted by atomic mass is 16.5.